The van der Waals surface area contributed by atoms with Crippen molar-refractivity contribution in [2.24, 2.45) is 0 Å². The molecule has 0 saturated heterocycles. The Bertz CT molecular complexity index is 995. The Morgan fingerprint density at radius 1 is 1.25 bits per heavy atom. The molecule has 3 heterocycles. The van der Waals surface area contributed by atoms with Gasteiger partial charge in [0.05, 0.1) is 17.9 Å². The second kappa shape index (κ2) is 5.77. The number of carbonyl (C=O) groups excluding carboxylic acids is 1. The van der Waals surface area contributed by atoms with E-state index in [2.05, 4.69) is 25.5 Å². The van der Waals surface area contributed by atoms with Gasteiger partial charge in [0.1, 0.15) is 5.69 Å². The monoisotopic (exact) mass is 320 g/mol. The Morgan fingerprint density at radius 2 is 2.17 bits per heavy atom. The molecule has 2 N–H and O–H groups in total. The molecule has 0 aliphatic heterocycles. The highest BCUT2D eigenvalue weighted by Crippen LogP contribution is 2.24. The molecule has 0 radical (unpaired) electrons. The van der Waals surface area contributed by atoms with E-state index >= 15 is 0 Å². The van der Waals surface area contributed by atoms with Gasteiger partial charge >= 0.3 is 0 Å². The Balaban J connectivity index is 1.63. The lowest BCUT2D eigenvalue weighted by molar-refractivity contribution is 0.0989. The molecule has 3 aromatic heterocycles. The van der Waals surface area contributed by atoms with E-state index in [9.17, 15) is 4.79 Å². The first-order valence-corrected chi connectivity index (χ1v) is 7.76. The van der Waals surface area contributed by atoms with Gasteiger partial charge in [-0.2, -0.15) is 15.3 Å². The van der Waals surface area contributed by atoms with Crippen LogP contribution in [0.3, 0.4) is 0 Å². The van der Waals surface area contributed by atoms with Crippen molar-refractivity contribution in [1.29, 1.82) is 0 Å². The number of Topliss-reactive ketones (excluding diaryl/α,β-unsaturated/α-hetero) is 1. The van der Waals surface area contributed by atoms with Gasteiger partial charge in [-0.1, -0.05) is 6.07 Å². The van der Waals surface area contributed by atoms with Crippen molar-refractivity contribution >= 4 is 16.7 Å². The Kier molecular flexibility index (Phi) is 3.45. The van der Waals surface area contributed by atoms with Gasteiger partial charge < -0.3 is 0 Å². The van der Waals surface area contributed by atoms with Crippen molar-refractivity contribution in [3.05, 3.63) is 54.2 Å². The number of nitrogens with one attached hydrogen (secondary N) is 2. The predicted molar refractivity (Wildman–Crippen MR) is 89.6 cm³/mol. The third-order valence-electron chi connectivity index (χ3n) is 4.03. The molecule has 0 aliphatic carbocycles. The second-order valence-corrected chi connectivity index (χ2v) is 5.62. The number of fused-ring (bicyclic) bond motifs is 1. The minimum absolute atomic E-state index is 0.0204. The standard InChI is InChI=1S/C17H16N6O/c1-2-23-10-11(7-20-23)5-16(24)17-14-4-3-12(6-15(14)21-22-17)13-8-18-19-9-13/h3-4,6-10H,2,5H2,1H3,(H,18,19)(H,21,22). The summed E-state index contributed by atoms with van der Waals surface area (Å²) < 4.78 is 1.81. The molecule has 0 unspecified atom stereocenters. The van der Waals surface area contributed by atoms with E-state index in [1.165, 1.54) is 0 Å². The smallest absolute Gasteiger partial charge is 0.188 e. The number of ketones is 1. The number of nitrogens with zero attached hydrogens (tertiary/aromatic N) is 4. The fourth-order valence-corrected chi connectivity index (χ4v) is 2.76. The van der Waals surface area contributed by atoms with Crippen molar-refractivity contribution in [3.8, 4) is 11.1 Å². The van der Waals surface area contributed by atoms with E-state index in [-0.39, 0.29) is 5.78 Å². The quantitative estimate of drug-likeness (QED) is 0.553. The van der Waals surface area contributed by atoms with Crippen LogP contribution in [0.25, 0.3) is 22.0 Å². The minimum atomic E-state index is -0.0204. The highest BCUT2D eigenvalue weighted by atomic mass is 16.1. The molecular weight excluding hydrogens is 304 g/mol. The van der Waals surface area contributed by atoms with Gasteiger partial charge in [0.2, 0.25) is 0 Å². The van der Waals surface area contributed by atoms with E-state index in [4.69, 9.17) is 0 Å². The molecule has 0 aliphatic rings. The van der Waals surface area contributed by atoms with Crippen molar-refractivity contribution in [1.82, 2.24) is 30.2 Å². The lowest BCUT2D eigenvalue weighted by Gasteiger charge is -1.99. The molecule has 7 nitrogen and oxygen atoms in total. The fourth-order valence-electron chi connectivity index (χ4n) is 2.76. The lowest BCUT2D eigenvalue weighted by atomic mass is 10.0. The summed E-state index contributed by atoms with van der Waals surface area (Å²) in [6.07, 6.45) is 7.50. The molecule has 0 amide bonds. The normalized spacial score (nSPS) is 11.2. The summed E-state index contributed by atoms with van der Waals surface area (Å²) in [6.45, 7) is 2.80. The molecule has 0 bridgehead atoms. The van der Waals surface area contributed by atoms with Gasteiger partial charge in [-0.3, -0.25) is 19.7 Å². The zero-order valence-corrected chi connectivity index (χ0v) is 13.2. The van der Waals surface area contributed by atoms with Crippen LogP contribution < -0.4 is 0 Å². The van der Waals surface area contributed by atoms with Crippen LogP contribution in [0.1, 0.15) is 23.0 Å². The van der Waals surface area contributed by atoms with E-state index in [1.54, 1.807) is 12.4 Å². The number of aryl methyl sites for hydroxylation is 1. The van der Waals surface area contributed by atoms with E-state index in [0.717, 1.165) is 34.1 Å². The number of aromatic nitrogens is 6. The molecule has 24 heavy (non-hydrogen) atoms. The second-order valence-electron chi connectivity index (χ2n) is 5.62. The van der Waals surface area contributed by atoms with Crippen LogP contribution >= 0.6 is 0 Å². The average molecular weight is 320 g/mol. The SMILES string of the molecule is CCn1cc(CC(=O)c2n[nH]c3cc(-c4cn[nH]c4)ccc23)cn1. The molecule has 1 aromatic carbocycles. The summed E-state index contributed by atoms with van der Waals surface area (Å²) in [5.74, 6) is -0.0204. The maximum absolute atomic E-state index is 12.6. The molecule has 0 atom stereocenters. The highest BCUT2D eigenvalue weighted by Gasteiger charge is 2.16. The van der Waals surface area contributed by atoms with Gasteiger partial charge in [-0.15, -0.1) is 0 Å². The van der Waals surface area contributed by atoms with Crippen LogP contribution in [0, 0.1) is 0 Å². The van der Waals surface area contributed by atoms with Gasteiger partial charge in [-0.05, 0) is 30.2 Å². The number of rotatable bonds is 5. The van der Waals surface area contributed by atoms with Crippen LogP contribution in [-0.4, -0.2) is 36.0 Å². The van der Waals surface area contributed by atoms with E-state index in [0.29, 0.717) is 12.1 Å². The molecule has 7 heteroatoms. The zero-order valence-electron chi connectivity index (χ0n) is 13.2. The average Bonchev–Trinajstić information content (AvgIpc) is 3.34. The van der Waals surface area contributed by atoms with E-state index < -0.39 is 0 Å². The summed E-state index contributed by atoms with van der Waals surface area (Å²) in [4.78, 5) is 12.6. The molecule has 4 aromatic rings. The summed E-state index contributed by atoms with van der Waals surface area (Å²) in [5, 5.41) is 18.9. The summed E-state index contributed by atoms with van der Waals surface area (Å²) in [6, 6.07) is 5.86. The van der Waals surface area contributed by atoms with Crippen molar-refractivity contribution in [3.63, 3.8) is 0 Å². The molecule has 0 fully saturated rings. The molecule has 4 rings (SSSR count). The maximum Gasteiger partial charge on any atom is 0.188 e. The zero-order chi connectivity index (χ0) is 16.5. The molecule has 120 valence electrons. The highest BCUT2D eigenvalue weighted by molar-refractivity contribution is 6.07. The molecule has 0 saturated carbocycles. The Labute approximate surface area is 137 Å². The maximum atomic E-state index is 12.6. The fraction of sp³-hybridized carbons (Fsp3) is 0.176. The number of benzene rings is 1. The summed E-state index contributed by atoms with van der Waals surface area (Å²) in [7, 11) is 0. The number of aromatic amines is 2. The number of hydrogen-bond donors (Lipinski definition) is 2. The van der Waals surface area contributed by atoms with E-state index in [1.807, 2.05) is 42.2 Å². The van der Waals surface area contributed by atoms with Gasteiger partial charge in [-0.25, -0.2) is 0 Å². The molecule has 0 spiro atoms. The van der Waals surface area contributed by atoms with Gasteiger partial charge in [0.25, 0.3) is 0 Å². The summed E-state index contributed by atoms with van der Waals surface area (Å²) in [5.41, 5.74) is 4.21. The van der Waals surface area contributed by atoms with Crippen LogP contribution in [0.5, 0.6) is 0 Å². The third kappa shape index (κ3) is 2.50. The topological polar surface area (TPSA) is 92.2 Å². The lowest BCUT2D eigenvalue weighted by Crippen LogP contribution is -2.04. The first-order valence-electron chi connectivity index (χ1n) is 7.76. The third-order valence-corrected chi connectivity index (χ3v) is 4.03. The van der Waals surface area contributed by atoms with Crippen molar-refractivity contribution in [2.45, 2.75) is 19.9 Å². The van der Waals surface area contributed by atoms with Crippen LogP contribution in [-0.2, 0) is 13.0 Å². The van der Waals surface area contributed by atoms with Crippen molar-refractivity contribution < 1.29 is 4.79 Å². The largest absolute Gasteiger partial charge is 0.292 e. The van der Waals surface area contributed by atoms with Gasteiger partial charge in [0, 0.05) is 36.3 Å². The summed E-state index contributed by atoms with van der Waals surface area (Å²) >= 11 is 0. The number of H-pyrrole nitrogens is 2. The first-order chi connectivity index (χ1) is 11.7. The Hall–Kier alpha value is -3.22. The predicted octanol–water partition coefficient (Wildman–Crippen LogP) is 2.59. The number of carbonyl (C=O) groups is 1. The number of hydrogen-bond acceptors (Lipinski definition) is 4. The van der Waals surface area contributed by atoms with Crippen LogP contribution in [0.4, 0.5) is 0 Å². The minimum Gasteiger partial charge on any atom is -0.292 e. The molecular formula is C17H16N6O. The van der Waals surface area contributed by atoms with Crippen LogP contribution in [0.15, 0.2) is 43.0 Å². The van der Waals surface area contributed by atoms with Gasteiger partial charge in [0.15, 0.2) is 5.78 Å². The van der Waals surface area contributed by atoms with Crippen molar-refractivity contribution in [2.75, 3.05) is 0 Å². The first kappa shape index (κ1) is 14.4. The van der Waals surface area contributed by atoms with Crippen LogP contribution in [0.2, 0.25) is 0 Å². The Morgan fingerprint density at radius 3 is 2.92 bits per heavy atom.